The molecule has 0 unspecified atom stereocenters. The molecule has 1 amide bonds. The molecule has 1 saturated carbocycles. The van der Waals surface area contributed by atoms with Crippen LogP contribution in [0.5, 0.6) is 5.75 Å². The summed E-state index contributed by atoms with van der Waals surface area (Å²) in [6, 6.07) is 16.8. The van der Waals surface area contributed by atoms with Gasteiger partial charge in [0.2, 0.25) is 0 Å². The Hall–Kier alpha value is -3.61. The van der Waals surface area contributed by atoms with Gasteiger partial charge in [0, 0.05) is 28.9 Å². The van der Waals surface area contributed by atoms with E-state index in [1.165, 1.54) is 24.0 Å². The first-order chi connectivity index (χ1) is 15.0. The van der Waals surface area contributed by atoms with E-state index >= 15 is 0 Å². The quantitative estimate of drug-likeness (QED) is 0.534. The van der Waals surface area contributed by atoms with Crippen molar-refractivity contribution in [3.05, 3.63) is 70.6 Å². The average Bonchev–Trinajstić information content (AvgIpc) is 3.38. The average molecular weight is 416 g/mol. The highest BCUT2D eigenvalue weighted by atomic mass is 16.3. The zero-order valence-electron chi connectivity index (χ0n) is 17.3. The molecule has 0 radical (unpaired) electrons. The molecule has 2 aromatic heterocycles. The summed E-state index contributed by atoms with van der Waals surface area (Å²) < 4.78 is 3.96. The molecule has 2 heterocycles. The lowest BCUT2D eigenvalue weighted by Crippen LogP contribution is -2.37. The molecule has 4 aromatic rings. The Kier molecular flexibility index (Phi) is 4.54. The summed E-state index contributed by atoms with van der Waals surface area (Å²) in [5.74, 6) is -1.07. The van der Waals surface area contributed by atoms with Crippen LogP contribution >= 0.6 is 0 Å². The maximum absolute atomic E-state index is 12.2. The van der Waals surface area contributed by atoms with Crippen molar-refractivity contribution in [3.63, 3.8) is 0 Å². The van der Waals surface area contributed by atoms with Crippen LogP contribution in [0.25, 0.3) is 21.8 Å². The zero-order valence-corrected chi connectivity index (χ0v) is 17.3. The molecule has 2 aromatic carbocycles. The van der Waals surface area contributed by atoms with Crippen LogP contribution < -0.4 is 10.7 Å². The molecule has 0 saturated heterocycles. The lowest BCUT2D eigenvalue weighted by Gasteiger charge is -2.33. The van der Waals surface area contributed by atoms with Crippen molar-refractivity contribution in [2.45, 2.75) is 37.8 Å². The summed E-state index contributed by atoms with van der Waals surface area (Å²) in [6.45, 7) is 0.452. The number of nitrogens with one attached hydrogen (secondary N) is 1. The van der Waals surface area contributed by atoms with Gasteiger partial charge in [-0.1, -0.05) is 49.2 Å². The molecule has 0 aliphatic heterocycles. The normalized spacial score (nSPS) is 15.5. The smallest absolute Gasteiger partial charge is 0.275 e. The van der Waals surface area contributed by atoms with Crippen molar-refractivity contribution in [3.8, 4) is 5.75 Å². The predicted octanol–water partition coefficient (Wildman–Crippen LogP) is 3.39. The van der Waals surface area contributed by atoms with Crippen LogP contribution in [0, 0.1) is 0 Å². The van der Waals surface area contributed by atoms with E-state index in [4.69, 9.17) is 0 Å². The van der Waals surface area contributed by atoms with Gasteiger partial charge in [0.25, 0.3) is 11.3 Å². The third-order valence-electron chi connectivity index (χ3n) is 6.43. The van der Waals surface area contributed by atoms with Crippen LogP contribution in [0.15, 0.2) is 59.5 Å². The number of nitrogens with zero attached hydrogens (tertiary/aromatic N) is 3. The number of carbonyl (C=O) groups excluding carboxylic acids is 1. The molecule has 1 fully saturated rings. The van der Waals surface area contributed by atoms with E-state index in [9.17, 15) is 14.7 Å². The van der Waals surface area contributed by atoms with Gasteiger partial charge in [-0.2, -0.15) is 5.10 Å². The first-order valence-corrected chi connectivity index (χ1v) is 10.6. The minimum absolute atomic E-state index is 0.281. The van der Waals surface area contributed by atoms with Gasteiger partial charge in [0.1, 0.15) is 0 Å². The Morgan fingerprint density at radius 3 is 2.23 bits per heavy atom. The number of fused-ring (bicyclic) bond motifs is 3. The molecule has 5 rings (SSSR count). The van der Waals surface area contributed by atoms with Gasteiger partial charge in [-0.3, -0.25) is 14.3 Å². The van der Waals surface area contributed by atoms with Crippen LogP contribution in [0.4, 0.5) is 0 Å². The van der Waals surface area contributed by atoms with Gasteiger partial charge in [-0.15, -0.1) is 0 Å². The van der Waals surface area contributed by atoms with Gasteiger partial charge in [-0.25, -0.2) is 0 Å². The van der Waals surface area contributed by atoms with E-state index in [0.29, 0.717) is 6.54 Å². The Labute approximate surface area is 178 Å². The molecule has 1 aliphatic carbocycles. The van der Waals surface area contributed by atoms with Gasteiger partial charge >= 0.3 is 0 Å². The second kappa shape index (κ2) is 7.27. The number of benzene rings is 2. The van der Waals surface area contributed by atoms with E-state index in [1.54, 1.807) is 4.68 Å². The van der Waals surface area contributed by atoms with Crippen LogP contribution in [-0.4, -0.2) is 32.4 Å². The lowest BCUT2D eigenvalue weighted by atomic mass is 9.96. The Morgan fingerprint density at radius 1 is 1.06 bits per heavy atom. The molecule has 2 N–H and O–H groups in total. The maximum atomic E-state index is 12.2. The third kappa shape index (κ3) is 3.00. The van der Waals surface area contributed by atoms with Crippen molar-refractivity contribution in [2.75, 3.05) is 7.05 Å². The van der Waals surface area contributed by atoms with Crippen molar-refractivity contribution < 1.29 is 9.90 Å². The lowest BCUT2D eigenvalue weighted by molar-refractivity contribution is 0.0952. The van der Waals surface area contributed by atoms with Gasteiger partial charge < -0.3 is 15.0 Å². The molecule has 158 valence electrons. The molecule has 1 aliphatic rings. The highest BCUT2D eigenvalue weighted by Gasteiger charge is 2.38. The van der Waals surface area contributed by atoms with Crippen LogP contribution in [-0.2, 0) is 12.1 Å². The minimum atomic E-state index is -0.757. The number of aromatic nitrogens is 3. The number of rotatable bonds is 4. The zero-order chi connectivity index (χ0) is 21.6. The van der Waals surface area contributed by atoms with E-state index in [2.05, 4.69) is 51.4 Å². The van der Waals surface area contributed by atoms with Crippen molar-refractivity contribution in [1.82, 2.24) is 19.7 Å². The highest BCUT2D eigenvalue weighted by Crippen LogP contribution is 2.44. The first-order valence-electron chi connectivity index (χ1n) is 10.6. The predicted molar refractivity (Wildman–Crippen MR) is 119 cm³/mol. The first kappa shape index (κ1) is 19.4. The number of hydrogen-bond donors (Lipinski definition) is 2. The van der Waals surface area contributed by atoms with E-state index in [0.717, 1.165) is 36.7 Å². The maximum Gasteiger partial charge on any atom is 0.275 e. The van der Waals surface area contributed by atoms with E-state index in [1.807, 2.05) is 12.1 Å². The topological polar surface area (TPSA) is 89.2 Å². The summed E-state index contributed by atoms with van der Waals surface area (Å²) in [5, 5.41) is 19.3. The van der Waals surface area contributed by atoms with Crippen molar-refractivity contribution >= 4 is 27.7 Å². The number of amides is 1. The minimum Gasteiger partial charge on any atom is -0.503 e. The summed E-state index contributed by atoms with van der Waals surface area (Å²) in [6.07, 6.45) is 5.38. The van der Waals surface area contributed by atoms with Crippen molar-refractivity contribution in [1.29, 1.82) is 0 Å². The van der Waals surface area contributed by atoms with E-state index in [-0.39, 0.29) is 11.2 Å². The number of para-hydroxylation sites is 2. The monoisotopic (exact) mass is 416 g/mol. The molecule has 0 spiro atoms. The molecular formula is C24H24N4O3. The van der Waals surface area contributed by atoms with Crippen LogP contribution in [0.1, 0.15) is 36.2 Å². The third-order valence-corrected chi connectivity index (χ3v) is 6.43. The summed E-state index contributed by atoms with van der Waals surface area (Å²) in [4.78, 5) is 24.4. The second-order valence-electron chi connectivity index (χ2n) is 8.27. The number of carbonyl (C=O) groups is 1. The Balaban J connectivity index is 1.72. The fraction of sp³-hybridized carbons (Fsp3) is 0.292. The van der Waals surface area contributed by atoms with Gasteiger partial charge in [0.15, 0.2) is 11.4 Å². The largest absolute Gasteiger partial charge is 0.503 e. The van der Waals surface area contributed by atoms with Gasteiger partial charge in [0.05, 0.1) is 18.3 Å². The fourth-order valence-corrected chi connectivity index (χ4v) is 5.09. The summed E-state index contributed by atoms with van der Waals surface area (Å²) in [5.41, 5.74) is 0.979. The van der Waals surface area contributed by atoms with Crippen molar-refractivity contribution in [2.24, 2.45) is 0 Å². The Bertz CT molecular complexity index is 1310. The molecule has 0 atom stereocenters. The number of hydrogen-bond acceptors (Lipinski definition) is 4. The van der Waals surface area contributed by atoms with Crippen LogP contribution in [0.2, 0.25) is 0 Å². The Morgan fingerprint density at radius 2 is 1.65 bits per heavy atom. The summed E-state index contributed by atoms with van der Waals surface area (Å²) in [7, 11) is 1.44. The molecule has 31 heavy (non-hydrogen) atoms. The SMILES string of the molecule is CNC(=O)c1nn(CC2(n3c4ccccc4c4ccccc43)CCCC2)cc(O)c1=O. The molecule has 0 bridgehead atoms. The highest BCUT2D eigenvalue weighted by molar-refractivity contribution is 6.08. The summed E-state index contributed by atoms with van der Waals surface area (Å²) >= 11 is 0. The molecule has 7 nitrogen and oxygen atoms in total. The fourth-order valence-electron chi connectivity index (χ4n) is 5.09. The molecular weight excluding hydrogens is 392 g/mol. The van der Waals surface area contributed by atoms with E-state index < -0.39 is 17.1 Å². The molecule has 7 heteroatoms. The van der Waals surface area contributed by atoms with Crippen LogP contribution in [0.3, 0.4) is 0 Å². The standard InChI is InChI=1S/C24H24N4O3/c1-25-23(31)21-22(30)20(29)14-27(26-21)15-24(12-6-7-13-24)28-18-10-4-2-8-16(18)17-9-3-5-11-19(17)28/h2-5,8-11,14,29H,6-7,12-13,15H2,1H3,(H,25,31). The second-order valence-corrected chi connectivity index (χ2v) is 8.27. The number of aromatic hydroxyl groups is 1. The van der Waals surface area contributed by atoms with Gasteiger partial charge in [-0.05, 0) is 25.0 Å².